The number of aromatic amines is 1. The van der Waals surface area contributed by atoms with Crippen LogP contribution >= 0.6 is 0 Å². The highest BCUT2D eigenvalue weighted by molar-refractivity contribution is 5.73. The van der Waals surface area contributed by atoms with Crippen LogP contribution in [0.5, 0.6) is 0 Å². The first-order chi connectivity index (χ1) is 7.76. The molecule has 88 valence electrons. The molecule has 0 fully saturated rings. The molecule has 2 amide bonds. The van der Waals surface area contributed by atoms with Crippen molar-refractivity contribution in [2.45, 2.75) is 32.7 Å². The Morgan fingerprint density at radius 2 is 2.44 bits per heavy atom. The number of amides is 2. The average Bonchev–Trinajstić information content (AvgIpc) is 2.57. The Bertz CT molecular complexity index is 385. The van der Waals surface area contributed by atoms with Crippen molar-refractivity contribution in [3.05, 3.63) is 17.0 Å². The van der Waals surface area contributed by atoms with Gasteiger partial charge >= 0.3 is 6.03 Å². The second kappa shape index (κ2) is 4.55. The highest BCUT2D eigenvalue weighted by Gasteiger charge is 2.21. The summed E-state index contributed by atoms with van der Waals surface area (Å²) in [6.45, 7) is 3.58. The van der Waals surface area contributed by atoms with Crippen LogP contribution in [0, 0.1) is 0 Å². The lowest BCUT2D eigenvalue weighted by Gasteiger charge is -2.19. The summed E-state index contributed by atoms with van der Waals surface area (Å²) in [5.74, 6) is 0. The molecule has 0 spiro atoms. The molecular formula is C11H18N4O. The number of hydrogen-bond acceptors (Lipinski definition) is 2. The van der Waals surface area contributed by atoms with E-state index >= 15 is 0 Å². The number of aromatic nitrogens is 2. The Hall–Kier alpha value is -1.52. The number of hydrogen-bond donors (Lipinski definition) is 2. The standard InChI is InChI=1S/C11H18N4O/c1-3-9-8-7-15(11(16)12-2)6-4-5-10(8)14-13-9/h3-7H2,1-2H3,(H,12,16)(H,13,14). The summed E-state index contributed by atoms with van der Waals surface area (Å²) in [4.78, 5) is 13.5. The second-order valence-corrected chi connectivity index (χ2v) is 4.06. The van der Waals surface area contributed by atoms with Crippen LogP contribution in [-0.2, 0) is 19.4 Å². The van der Waals surface area contributed by atoms with Crippen molar-refractivity contribution in [3.8, 4) is 0 Å². The minimum absolute atomic E-state index is 0.00361. The predicted octanol–water partition coefficient (Wildman–Crippen LogP) is 1.06. The summed E-state index contributed by atoms with van der Waals surface area (Å²) in [5.41, 5.74) is 3.50. The van der Waals surface area contributed by atoms with Crippen molar-refractivity contribution in [2.75, 3.05) is 13.6 Å². The molecule has 1 aromatic rings. The van der Waals surface area contributed by atoms with E-state index in [1.807, 2.05) is 4.90 Å². The zero-order chi connectivity index (χ0) is 11.5. The third-order valence-corrected chi connectivity index (χ3v) is 3.08. The summed E-state index contributed by atoms with van der Waals surface area (Å²) in [5, 5.41) is 10.1. The van der Waals surface area contributed by atoms with Gasteiger partial charge in [0, 0.05) is 24.8 Å². The molecular weight excluding hydrogens is 204 g/mol. The molecule has 0 aromatic carbocycles. The Morgan fingerprint density at radius 3 is 3.12 bits per heavy atom. The van der Waals surface area contributed by atoms with Crippen LogP contribution in [0.15, 0.2) is 0 Å². The molecule has 16 heavy (non-hydrogen) atoms. The quantitative estimate of drug-likeness (QED) is 0.746. The fourth-order valence-corrected chi connectivity index (χ4v) is 2.18. The number of fused-ring (bicyclic) bond motifs is 1. The normalized spacial score (nSPS) is 15.5. The first-order valence-electron chi connectivity index (χ1n) is 5.78. The Kier molecular flexibility index (Phi) is 3.12. The van der Waals surface area contributed by atoms with Gasteiger partial charge in [-0.15, -0.1) is 0 Å². The van der Waals surface area contributed by atoms with E-state index in [0.29, 0.717) is 6.54 Å². The molecule has 1 aromatic heterocycles. The van der Waals surface area contributed by atoms with Crippen molar-refractivity contribution in [2.24, 2.45) is 0 Å². The monoisotopic (exact) mass is 222 g/mol. The summed E-state index contributed by atoms with van der Waals surface area (Å²) < 4.78 is 0. The summed E-state index contributed by atoms with van der Waals surface area (Å²) in [6, 6.07) is -0.00361. The van der Waals surface area contributed by atoms with Crippen molar-refractivity contribution in [3.63, 3.8) is 0 Å². The molecule has 2 rings (SSSR count). The lowest BCUT2D eigenvalue weighted by molar-refractivity contribution is 0.198. The van der Waals surface area contributed by atoms with Crippen LogP contribution in [0.3, 0.4) is 0 Å². The van der Waals surface area contributed by atoms with Gasteiger partial charge in [0.05, 0.1) is 12.2 Å². The minimum Gasteiger partial charge on any atom is -0.341 e. The van der Waals surface area contributed by atoms with Gasteiger partial charge in [0.25, 0.3) is 0 Å². The Balaban J connectivity index is 2.24. The van der Waals surface area contributed by atoms with Crippen LogP contribution in [0.2, 0.25) is 0 Å². The van der Waals surface area contributed by atoms with Crippen molar-refractivity contribution in [1.82, 2.24) is 20.4 Å². The first kappa shape index (κ1) is 11.0. The molecule has 1 aliphatic rings. The number of H-pyrrole nitrogens is 1. The largest absolute Gasteiger partial charge is 0.341 e. The molecule has 0 radical (unpaired) electrons. The second-order valence-electron chi connectivity index (χ2n) is 4.06. The van der Waals surface area contributed by atoms with E-state index in [2.05, 4.69) is 22.4 Å². The molecule has 0 saturated carbocycles. The van der Waals surface area contributed by atoms with E-state index in [1.165, 1.54) is 11.3 Å². The third-order valence-electron chi connectivity index (χ3n) is 3.08. The van der Waals surface area contributed by atoms with E-state index in [-0.39, 0.29) is 6.03 Å². The first-order valence-corrected chi connectivity index (χ1v) is 5.78. The fourth-order valence-electron chi connectivity index (χ4n) is 2.18. The van der Waals surface area contributed by atoms with Crippen molar-refractivity contribution in [1.29, 1.82) is 0 Å². The molecule has 0 aliphatic carbocycles. The average molecular weight is 222 g/mol. The van der Waals surface area contributed by atoms with Crippen LogP contribution in [0.1, 0.15) is 30.3 Å². The minimum atomic E-state index is -0.00361. The fraction of sp³-hybridized carbons (Fsp3) is 0.636. The van der Waals surface area contributed by atoms with Gasteiger partial charge in [-0.1, -0.05) is 6.92 Å². The van der Waals surface area contributed by atoms with E-state index < -0.39 is 0 Å². The van der Waals surface area contributed by atoms with Gasteiger partial charge in [0.15, 0.2) is 0 Å². The molecule has 1 aliphatic heterocycles. The zero-order valence-corrected chi connectivity index (χ0v) is 9.84. The highest BCUT2D eigenvalue weighted by atomic mass is 16.2. The van der Waals surface area contributed by atoms with Gasteiger partial charge in [-0.2, -0.15) is 5.10 Å². The number of nitrogens with one attached hydrogen (secondary N) is 2. The molecule has 2 N–H and O–H groups in total. The van der Waals surface area contributed by atoms with Crippen LogP contribution in [-0.4, -0.2) is 34.7 Å². The zero-order valence-electron chi connectivity index (χ0n) is 9.84. The van der Waals surface area contributed by atoms with E-state index in [9.17, 15) is 4.79 Å². The Labute approximate surface area is 95.2 Å². The van der Waals surface area contributed by atoms with Crippen LogP contribution < -0.4 is 5.32 Å². The number of carbonyl (C=O) groups is 1. The van der Waals surface area contributed by atoms with Gasteiger partial charge in [-0.3, -0.25) is 5.10 Å². The van der Waals surface area contributed by atoms with E-state index in [1.54, 1.807) is 7.05 Å². The third kappa shape index (κ3) is 1.89. The van der Waals surface area contributed by atoms with Crippen LogP contribution in [0.25, 0.3) is 0 Å². The topological polar surface area (TPSA) is 61.0 Å². The lowest BCUT2D eigenvalue weighted by Crippen LogP contribution is -2.37. The number of rotatable bonds is 1. The molecule has 0 unspecified atom stereocenters. The molecule has 2 heterocycles. The van der Waals surface area contributed by atoms with Gasteiger partial charge in [-0.05, 0) is 19.3 Å². The lowest BCUT2D eigenvalue weighted by atomic mass is 10.1. The van der Waals surface area contributed by atoms with Gasteiger partial charge in [0.2, 0.25) is 0 Å². The smallest absolute Gasteiger partial charge is 0.317 e. The van der Waals surface area contributed by atoms with E-state index in [4.69, 9.17) is 0 Å². The number of aryl methyl sites for hydroxylation is 2. The number of carbonyl (C=O) groups excluding carboxylic acids is 1. The molecule has 0 bridgehead atoms. The summed E-state index contributed by atoms with van der Waals surface area (Å²) >= 11 is 0. The summed E-state index contributed by atoms with van der Waals surface area (Å²) in [6.07, 6.45) is 2.88. The van der Waals surface area contributed by atoms with Gasteiger partial charge in [0.1, 0.15) is 0 Å². The summed E-state index contributed by atoms with van der Waals surface area (Å²) in [7, 11) is 1.67. The predicted molar refractivity (Wildman–Crippen MR) is 61.2 cm³/mol. The van der Waals surface area contributed by atoms with Crippen molar-refractivity contribution < 1.29 is 4.79 Å². The maximum absolute atomic E-state index is 11.6. The van der Waals surface area contributed by atoms with Crippen LogP contribution in [0.4, 0.5) is 4.79 Å². The van der Waals surface area contributed by atoms with E-state index in [0.717, 1.165) is 31.5 Å². The maximum Gasteiger partial charge on any atom is 0.317 e. The number of urea groups is 1. The van der Waals surface area contributed by atoms with Crippen molar-refractivity contribution >= 4 is 6.03 Å². The number of nitrogens with zero attached hydrogens (tertiary/aromatic N) is 2. The SMILES string of the molecule is CCc1n[nH]c2c1CN(C(=O)NC)CCC2. The Morgan fingerprint density at radius 1 is 1.62 bits per heavy atom. The maximum atomic E-state index is 11.6. The highest BCUT2D eigenvalue weighted by Crippen LogP contribution is 2.20. The molecule has 0 atom stereocenters. The molecule has 0 saturated heterocycles. The molecule has 5 heteroatoms. The molecule has 5 nitrogen and oxygen atoms in total. The van der Waals surface area contributed by atoms with Gasteiger partial charge in [-0.25, -0.2) is 4.79 Å². The van der Waals surface area contributed by atoms with Gasteiger partial charge < -0.3 is 10.2 Å².